The van der Waals surface area contributed by atoms with Crippen molar-refractivity contribution in [2.75, 3.05) is 13.2 Å². The molecule has 460 valence electrons. The predicted octanol–water partition coefficient (Wildman–Crippen LogP) is 23.9. The van der Waals surface area contributed by atoms with Crippen LogP contribution in [0.15, 0.2) is 60.8 Å². The molecule has 0 spiro atoms. The van der Waals surface area contributed by atoms with Crippen molar-refractivity contribution in [3.8, 4) is 0 Å². The molecule has 0 amide bonds. The number of ether oxygens (including phenoxy) is 3. The van der Waals surface area contributed by atoms with Crippen LogP contribution in [0.4, 0.5) is 0 Å². The Bertz CT molecular complexity index is 1410. The Morgan fingerprint density at radius 1 is 0.253 bits per heavy atom. The van der Waals surface area contributed by atoms with Gasteiger partial charge in [0.05, 0.1) is 0 Å². The van der Waals surface area contributed by atoms with Crippen molar-refractivity contribution in [2.24, 2.45) is 0 Å². The second kappa shape index (κ2) is 67.6. The lowest BCUT2D eigenvalue weighted by Gasteiger charge is -2.18. The zero-order valence-electron chi connectivity index (χ0n) is 52.9. The van der Waals surface area contributed by atoms with E-state index in [0.29, 0.717) is 19.3 Å². The van der Waals surface area contributed by atoms with Crippen LogP contribution in [0.5, 0.6) is 0 Å². The molecule has 0 aromatic carbocycles. The largest absolute Gasteiger partial charge is 0.462 e. The number of carbonyl (C=O) groups is 3. The minimum Gasteiger partial charge on any atom is -0.462 e. The second-order valence-electron chi connectivity index (χ2n) is 23.4. The van der Waals surface area contributed by atoms with Gasteiger partial charge in [-0.1, -0.05) is 319 Å². The lowest BCUT2D eigenvalue weighted by molar-refractivity contribution is -0.167. The van der Waals surface area contributed by atoms with Gasteiger partial charge in [0, 0.05) is 19.3 Å². The molecular formula is C73H132O6. The van der Waals surface area contributed by atoms with E-state index in [1.54, 1.807) is 0 Å². The van der Waals surface area contributed by atoms with Crippen molar-refractivity contribution in [3.05, 3.63) is 60.8 Å². The third-order valence-corrected chi connectivity index (χ3v) is 15.5. The van der Waals surface area contributed by atoms with Crippen molar-refractivity contribution in [1.82, 2.24) is 0 Å². The smallest absolute Gasteiger partial charge is 0.306 e. The van der Waals surface area contributed by atoms with E-state index in [4.69, 9.17) is 14.2 Å². The molecule has 0 aliphatic heterocycles. The lowest BCUT2D eigenvalue weighted by Crippen LogP contribution is -2.30. The summed E-state index contributed by atoms with van der Waals surface area (Å²) in [6.45, 7) is 6.64. The minimum absolute atomic E-state index is 0.0810. The molecule has 0 aromatic heterocycles. The van der Waals surface area contributed by atoms with E-state index >= 15 is 0 Å². The molecule has 0 aromatic rings. The molecule has 0 N–H and O–H groups in total. The fraction of sp³-hybridized carbons (Fsp3) is 0.822. The fourth-order valence-electron chi connectivity index (χ4n) is 10.2. The SMILES string of the molecule is CCCCC/C=C\C/C=C\CCCCCCCC(=O)OCC(COC(=O)CCCCCCCCCCCCCCCCCCCCCCCCCCC)OC(=O)CCCCCCCC/C=C\C/C=C\C/C=C\CCCCCCC. The molecule has 0 rings (SSSR count). The fourth-order valence-corrected chi connectivity index (χ4v) is 10.2. The maximum Gasteiger partial charge on any atom is 0.306 e. The first kappa shape index (κ1) is 76.1. The van der Waals surface area contributed by atoms with Gasteiger partial charge in [0.1, 0.15) is 13.2 Å². The van der Waals surface area contributed by atoms with Gasteiger partial charge in [0.2, 0.25) is 0 Å². The molecule has 0 aliphatic carbocycles. The highest BCUT2D eigenvalue weighted by atomic mass is 16.6. The predicted molar refractivity (Wildman–Crippen MR) is 344 cm³/mol. The number of esters is 3. The van der Waals surface area contributed by atoms with Crippen LogP contribution in [0, 0.1) is 0 Å². The van der Waals surface area contributed by atoms with Gasteiger partial charge in [-0.05, 0) is 89.9 Å². The highest BCUT2D eigenvalue weighted by Crippen LogP contribution is 2.18. The van der Waals surface area contributed by atoms with Gasteiger partial charge < -0.3 is 14.2 Å². The summed E-state index contributed by atoms with van der Waals surface area (Å²) in [7, 11) is 0. The Hall–Kier alpha value is -2.89. The van der Waals surface area contributed by atoms with Crippen molar-refractivity contribution < 1.29 is 28.6 Å². The van der Waals surface area contributed by atoms with Gasteiger partial charge in [-0.3, -0.25) is 14.4 Å². The van der Waals surface area contributed by atoms with Gasteiger partial charge >= 0.3 is 17.9 Å². The minimum atomic E-state index is -0.788. The van der Waals surface area contributed by atoms with Gasteiger partial charge in [-0.15, -0.1) is 0 Å². The highest BCUT2D eigenvalue weighted by molar-refractivity contribution is 5.71. The van der Waals surface area contributed by atoms with Crippen LogP contribution in [0.1, 0.15) is 367 Å². The molecular weight excluding hydrogens is 973 g/mol. The third kappa shape index (κ3) is 65.8. The van der Waals surface area contributed by atoms with Crippen LogP contribution in [0.3, 0.4) is 0 Å². The van der Waals surface area contributed by atoms with Crippen molar-refractivity contribution in [3.63, 3.8) is 0 Å². The number of rotatable bonds is 64. The summed E-state index contributed by atoms with van der Waals surface area (Å²) in [5.74, 6) is -0.886. The second-order valence-corrected chi connectivity index (χ2v) is 23.4. The molecule has 0 radical (unpaired) electrons. The molecule has 0 heterocycles. The van der Waals surface area contributed by atoms with E-state index in [1.165, 1.54) is 225 Å². The van der Waals surface area contributed by atoms with E-state index in [1.807, 2.05) is 0 Å². The summed E-state index contributed by atoms with van der Waals surface area (Å²) in [5.41, 5.74) is 0. The summed E-state index contributed by atoms with van der Waals surface area (Å²) < 4.78 is 17.0. The molecule has 0 fully saturated rings. The summed E-state index contributed by atoms with van der Waals surface area (Å²) in [5, 5.41) is 0. The van der Waals surface area contributed by atoms with Crippen LogP contribution in [-0.4, -0.2) is 37.2 Å². The Kier molecular flexibility index (Phi) is 65.1. The zero-order chi connectivity index (χ0) is 57.1. The molecule has 1 atom stereocenters. The van der Waals surface area contributed by atoms with E-state index < -0.39 is 6.10 Å². The lowest BCUT2D eigenvalue weighted by atomic mass is 10.0. The van der Waals surface area contributed by atoms with E-state index in [2.05, 4.69) is 81.5 Å². The first-order chi connectivity index (χ1) is 39.0. The average Bonchev–Trinajstić information content (AvgIpc) is 3.45. The topological polar surface area (TPSA) is 78.9 Å². The molecule has 6 nitrogen and oxygen atoms in total. The third-order valence-electron chi connectivity index (χ3n) is 15.5. The average molecular weight is 1110 g/mol. The normalized spacial score (nSPS) is 12.4. The molecule has 0 saturated carbocycles. The molecule has 6 heteroatoms. The van der Waals surface area contributed by atoms with Crippen LogP contribution in [0.25, 0.3) is 0 Å². The van der Waals surface area contributed by atoms with Crippen LogP contribution < -0.4 is 0 Å². The maximum absolute atomic E-state index is 12.9. The van der Waals surface area contributed by atoms with Crippen molar-refractivity contribution >= 4 is 17.9 Å². The Balaban J connectivity index is 4.32. The van der Waals surface area contributed by atoms with Gasteiger partial charge in [0.15, 0.2) is 6.10 Å². The maximum atomic E-state index is 12.9. The monoisotopic (exact) mass is 1110 g/mol. The summed E-state index contributed by atoms with van der Waals surface area (Å²) in [6, 6.07) is 0. The number of allylic oxidation sites excluding steroid dienone is 10. The first-order valence-electron chi connectivity index (χ1n) is 34.8. The first-order valence-corrected chi connectivity index (χ1v) is 34.8. The van der Waals surface area contributed by atoms with Crippen LogP contribution in [-0.2, 0) is 28.6 Å². The molecule has 79 heavy (non-hydrogen) atoms. The molecule has 0 aliphatic rings. The summed E-state index contributed by atoms with van der Waals surface area (Å²) >= 11 is 0. The van der Waals surface area contributed by atoms with E-state index in [9.17, 15) is 14.4 Å². The Labute approximate surface area is 491 Å². The van der Waals surface area contributed by atoms with Gasteiger partial charge in [-0.2, -0.15) is 0 Å². The highest BCUT2D eigenvalue weighted by Gasteiger charge is 2.19. The van der Waals surface area contributed by atoms with Crippen molar-refractivity contribution in [1.29, 1.82) is 0 Å². The van der Waals surface area contributed by atoms with Gasteiger partial charge in [0.25, 0.3) is 0 Å². The van der Waals surface area contributed by atoms with E-state index in [0.717, 1.165) is 103 Å². The summed E-state index contributed by atoms with van der Waals surface area (Å²) in [4.78, 5) is 38.4. The Morgan fingerprint density at radius 2 is 0.456 bits per heavy atom. The van der Waals surface area contributed by atoms with Crippen molar-refractivity contribution in [2.45, 2.75) is 374 Å². The number of hydrogen-bond donors (Lipinski definition) is 0. The standard InChI is InChI=1S/C73H132O6/c1-4-7-10-13-16-19-22-25-28-30-32-34-35-36-37-39-40-42-45-48-51-54-57-60-63-66-72(75)78-69-70(68-77-71(74)65-62-59-56-53-50-47-44-27-24-21-18-15-12-9-6-3)79-73(76)67-64-61-58-55-52-49-46-43-41-38-33-31-29-26-23-20-17-14-11-8-5-2/h18,21,23,26-27,31,33,41,43-44,70H,4-17,19-20,22,24-25,28-30,32,34-40,42,45-69H2,1-3H3/b21-18-,26-23-,33-31-,43-41-,44-27-. The summed E-state index contributed by atoms with van der Waals surface area (Å²) in [6.07, 6.45) is 86.7. The number of hydrogen-bond acceptors (Lipinski definition) is 6. The molecule has 1 unspecified atom stereocenters. The van der Waals surface area contributed by atoms with Crippen LogP contribution in [0.2, 0.25) is 0 Å². The number of unbranched alkanes of at least 4 members (excludes halogenated alkanes) is 43. The Morgan fingerprint density at radius 3 is 0.734 bits per heavy atom. The number of carbonyl (C=O) groups excluding carboxylic acids is 3. The zero-order valence-corrected chi connectivity index (χ0v) is 52.9. The van der Waals surface area contributed by atoms with E-state index in [-0.39, 0.29) is 31.1 Å². The molecule has 0 saturated heterocycles. The quantitative estimate of drug-likeness (QED) is 0.0261. The van der Waals surface area contributed by atoms with Gasteiger partial charge in [-0.25, -0.2) is 0 Å². The van der Waals surface area contributed by atoms with Crippen LogP contribution >= 0.6 is 0 Å². The molecule has 0 bridgehead atoms.